The van der Waals surface area contributed by atoms with E-state index < -0.39 is 6.10 Å². The van der Waals surface area contributed by atoms with Crippen molar-refractivity contribution in [1.82, 2.24) is 5.32 Å². The molecule has 0 aromatic heterocycles. The molecule has 0 aliphatic carbocycles. The minimum atomic E-state index is -0.558. The molecular formula is C18H21NO3. The second-order valence-electron chi connectivity index (χ2n) is 5.10. The van der Waals surface area contributed by atoms with Gasteiger partial charge in [-0.05, 0) is 32.0 Å². The normalized spacial score (nSPS) is 11.6. The predicted octanol–water partition coefficient (Wildman–Crippen LogP) is 3.09. The van der Waals surface area contributed by atoms with Crippen molar-refractivity contribution in [2.75, 3.05) is 7.11 Å². The Hall–Kier alpha value is -2.49. The van der Waals surface area contributed by atoms with Crippen LogP contribution >= 0.6 is 0 Å². The van der Waals surface area contributed by atoms with Crippen LogP contribution in [-0.4, -0.2) is 19.1 Å². The van der Waals surface area contributed by atoms with Crippen LogP contribution in [0.3, 0.4) is 0 Å². The Balaban J connectivity index is 1.90. The minimum absolute atomic E-state index is 0.161. The zero-order chi connectivity index (χ0) is 15.9. The van der Waals surface area contributed by atoms with Crippen LogP contribution in [0, 0.1) is 6.92 Å². The van der Waals surface area contributed by atoms with Gasteiger partial charge >= 0.3 is 0 Å². The summed E-state index contributed by atoms with van der Waals surface area (Å²) in [5.41, 5.74) is 2.08. The summed E-state index contributed by atoms with van der Waals surface area (Å²) in [7, 11) is 1.61. The Morgan fingerprint density at radius 3 is 2.50 bits per heavy atom. The number of rotatable bonds is 6. The maximum atomic E-state index is 12.1. The van der Waals surface area contributed by atoms with Crippen molar-refractivity contribution in [3.8, 4) is 11.5 Å². The van der Waals surface area contributed by atoms with Crippen LogP contribution in [0.4, 0.5) is 0 Å². The molecule has 4 heteroatoms. The van der Waals surface area contributed by atoms with Gasteiger partial charge in [-0.2, -0.15) is 0 Å². The van der Waals surface area contributed by atoms with Gasteiger partial charge in [-0.1, -0.05) is 35.9 Å². The largest absolute Gasteiger partial charge is 0.496 e. The van der Waals surface area contributed by atoms with E-state index in [1.807, 2.05) is 55.5 Å². The average Bonchev–Trinajstić information content (AvgIpc) is 2.54. The summed E-state index contributed by atoms with van der Waals surface area (Å²) in [6, 6.07) is 15.2. The van der Waals surface area contributed by atoms with Crippen LogP contribution in [0.15, 0.2) is 48.5 Å². The summed E-state index contributed by atoms with van der Waals surface area (Å²) in [4.78, 5) is 12.1. The molecule has 0 fully saturated rings. The summed E-state index contributed by atoms with van der Waals surface area (Å²) in [6.45, 7) is 4.15. The highest BCUT2D eigenvalue weighted by molar-refractivity contribution is 5.80. The first-order valence-electron chi connectivity index (χ1n) is 7.23. The van der Waals surface area contributed by atoms with Crippen LogP contribution in [0.5, 0.6) is 11.5 Å². The van der Waals surface area contributed by atoms with E-state index >= 15 is 0 Å². The third kappa shape index (κ3) is 4.25. The highest BCUT2D eigenvalue weighted by Crippen LogP contribution is 2.17. The van der Waals surface area contributed by atoms with Gasteiger partial charge in [-0.15, -0.1) is 0 Å². The van der Waals surface area contributed by atoms with Gasteiger partial charge in [-0.25, -0.2) is 0 Å². The zero-order valence-corrected chi connectivity index (χ0v) is 13.1. The van der Waals surface area contributed by atoms with Gasteiger partial charge in [0.25, 0.3) is 5.91 Å². The Morgan fingerprint density at radius 2 is 1.82 bits per heavy atom. The van der Waals surface area contributed by atoms with Crippen molar-refractivity contribution in [3.63, 3.8) is 0 Å². The SMILES string of the molecule is COc1ccccc1CNC(=O)C(C)Oc1ccc(C)cc1. The number of methoxy groups -OCH3 is 1. The lowest BCUT2D eigenvalue weighted by molar-refractivity contribution is -0.127. The standard InChI is InChI=1S/C18H21NO3/c1-13-8-10-16(11-9-13)22-14(2)18(20)19-12-15-6-4-5-7-17(15)21-3/h4-11,14H,12H2,1-3H3,(H,19,20). The predicted molar refractivity (Wildman–Crippen MR) is 86.1 cm³/mol. The minimum Gasteiger partial charge on any atom is -0.496 e. The summed E-state index contributed by atoms with van der Waals surface area (Å²) < 4.78 is 10.9. The Bertz CT molecular complexity index is 622. The van der Waals surface area contributed by atoms with Crippen molar-refractivity contribution in [3.05, 3.63) is 59.7 Å². The van der Waals surface area contributed by atoms with E-state index in [9.17, 15) is 4.79 Å². The van der Waals surface area contributed by atoms with Crippen molar-refractivity contribution >= 4 is 5.91 Å². The first kappa shape index (κ1) is 15.9. The summed E-state index contributed by atoms with van der Waals surface area (Å²) in [5.74, 6) is 1.28. The lowest BCUT2D eigenvalue weighted by atomic mass is 10.2. The lowest BCUT2D eigenvalue weighted by Crippen LogP contribution is -2.35. The van der Waals surface area contributed by atoms with Gasteiger partial charge in [0.05, 0.1) is 7.11 Å². The maximum Gasteiger partial charge on any atom is 0.261 e. The summed E-state index contributed by atoms with van der Waals surface area (Å²) >= 11 is 0. The molecule has 4 nitrogen and oxygen atoms in total. The number of nitrogens with one attached hydrogen (secondary N) is 1. The molecule has 0 spiro atoms. The van der Waals surface area contributed by atoms with E-state index in [0.29, 0.717) is 12.3 Å². The fourth-order valence-electron chi connectivity index (χ4n) is 2.05. The molecule has 0 aliphatic rings. The molecule has 0 aliphatic heterocycles. The fourth-order valence-corrected chi connectivity index (χ4v) is 2.05. The highest BCUT2D eigenvalue weighted by atomic mass is 16.5. The summed E-state index contributed by atoms with van der Waals surface area (Å²) in [5, 5.41) is 2.86. The number of hydrogen-bond donors (Lipinski definition) is 1. The number of carbonyl (C=O) groups is 1. The third-order valence-corrected chi connectivity index (χ3v) is 3.35. The molecule has 0 bridgehead atoms. The Labute approximate surface area is 131 Å². The molecule has 1 amide bonds. The molecule has 2 aromatic carbocycles. The number of para-hydroxylation sites is 1. The van der Waals surface area contributed by atoms with Crippen molar-refractivity contribution in [2.45, 2.75) is 26.5 Å². The third-order valence-electron chi connectivity index (χ3n) is 3.35. The smallest absolute Gasteiger partial charge is 0.261 e. The molecule has 0 heterocycles. The van der Waals surface area contributed by atoms with Gasteiger partial charge in [-0.3, -0.25) is 4.79 Å². The Kier molecular flexibility index (Phi) is 5.42. The number of ether oxygens (including phenoxy) is 2. The number of benzene rings is 2. The van der Waals surface area contributed by atoms with Crippen molar-refractivity contribution in [2.24, 2.45) is 0 Å². The van der Waals surface area contributed by atoms with E-state index in [1.165, 1.54) is 0 Å². The molecule has 2 aromatic rings. The quantitative estimate of drug-likeness (QED) is 0.891. The molecule has 116 valence electrons. The van der Waals surface area contributed by atoms with Gasteiger partial charge in [0.15, 0.2) is 6.10 Å². The highest BCUT2D eigenvalue weighted by Gasteiger charge is 2.14. The Morgan fingerprint density at radius 1 is 1.14 bits per heavy atom. The number of hydrogen-bond acceptors (Lipinski definition) is 3. The molecule has 0 radical (unpaired) electrons. The molecule has 22 heavy (non-hydrogen) atoms. The molecule has 1 atom stereocenters. The molecular weight excluding hydrogens is 278 g/mol. The topological polar surface area (TPSA) is 47.6 Å². The van der Waals surface area contributed by atoms with E-state index in [2.05, 4.69) is 5.32 Å². The second kappa shape index (κ2) is 7.50. The monoisotopic (exact) mass is 299 g/mol. The first-order chi connectivity index (χ1) is 10.6. The molecule has 1 unspecified atom stereocenters. The van der Waals surface area contributed by atoms with E-state index in [-0.39, 0.29) is 5.91 Å². The van der Waals surface area contributed by atoms with Crippen LogP contribution < -0.4 is 14.8 Å². The van der Waals surface area contributed by atoms with E-state index in [1.54, 1.807) is 14.0 Å². The fraction of sp³-hybridized carbons (Fsp3) is 0.278. The van der Waals surface area contributed by atoms with Crippen molar-refractivity contribution in [1.29, 1.82) is 0 Å². The zero-order valence-electron chi connectivity index (χ0n) is 13.1. The van der Waals surface area contributed by atoms with Gasteiger partial charge < -0.3 is 14.8 Å². The van der Waals surface area contributed by atoms with Crippen LogP contribution in [0.2, 0.25) is 0 Å². The molecule has 1 N–H and O–H groups in total. The van der Waals surface area contributed by atoms with Crippen LogP contribution in [-0.2, 0) is 11.3 Å². The molecule has 0 saturated heterocycles. The van der Waals surface area contributed by atoms with Gasteiger partial charge in [0.2, 0.25) is 0 Å². The van der Waals surface area contributed by atoms with Gasteiger partial charge in [0, 0.05) is 12.1 Å². The van der Waals surface area contributed by atoms with Gasteiger partial charge in [0.1, 0.15) is 11.5 Å². The number of carbonyl (C=O) groups excluding carboxylic acids is 1. The summed E-state index contributed by atoms with van der Waals surface area (Å²) in [6.07, 6.45) is -0.558. The van der Waals surface area contributed by atoms with Crippen molar-refractivity contribution < 1.29 is 14.3 Å². The maximum absolute atomic E-state index is 12.1. The molecule has 2 rings (SSSR count). The lowest BCUT2D eigenvalue weighted by Gasteiger charge is -2.15. The number of aryl methyl sites for hydroxylation is 1. The van der Waals surface area contributed by atoms with E-state index in [4.69, 9.17) is 9.47 Å². The van der Waals surface area contributed by atoms with Crippen LogP contribution in [0.25, 0.3) is 0 Å². The second-order valence-corrected chi connectivity index (χ2v) is 5.10. The van der Waals surface area contributed by atoms with Crippen LogP contribution in [0.1, 0.15) is 18.1 Å². The number of amides is 1. The van der Waals surface area contributed by atoms with E-state index in [0.717, 1.165) is 16.9 Å². The average molecular weight is 299 g/mol. The first-order valence-corrected chi connectivity index (χ1v) is 7.23. The molecule has 0 saturated carbocycles.